The van der Waals surface area contributed by atoms with Gasteiger partial charge in [0.05, 0.1) is 13.2 Å². The summed E-state index contributed by atoms with van der Waals surface area (Å²) in [5, 5.41) is 2.98. The van der Waals surface area contributed by atoms with Crippen molar-refractivity contribution in [2.45, 2.75) is 19.6 Å². The quantitative estimate of drug-likeness (QED) is 0.945. The minimum absolute atomic E-state index is 0.0331. The van der Waals surface area contributed by atoms with Gasteiger partial charge in [-0.2, -0.15) is 0 Å². The number of hydrogen-bond donors (Lipinski definition) is 1. The van der Waals surface area contributed by atoms with E-state index in [4.69, 9.17) is 4.74 Å². The van der Waals surface area contributed by atoms with Crippen LogP contribution in [0.15, 0.2) is 54.6 Å². The molecule has 1 N–H and O–H groups in total. The molecule has 1 heterocycles. The Morgan fingerprint density at radius 3 is 2.65 bits per heavy atom. The fourth-order valence-electron chi connectivity index (χ4n) is 2.70. The number of ether oxygens (including phenoxy) is 1. The lowest BCUT2D eigenvalue weighted by atomic mass is 10.1. The third-order valence-electron chi connectivity index (χ3n) is 4.09. The van der Waals surface area contributed by atoms with Crippen molar-refractivity contribution in [3.63, 3.8) is 0 Å². The number of nitrogens with one attached hydrogen (secondary N) is 1. The molecule has 2 aromatic carbocycles. The number of aryl methyl sites for hydroxylation is 1. The molecular formula is C19H22N2O2. The molecule has 23 heavy (non-hydrogen) atoms. The summed E-state index contributed by atoms with van der Waals surface area (Å²) >= 11 is 0. The van der Waals surface area contributed by atoms with Gasteiger partial charge < -0.3 is 15.0 Å². The van der Waals surface area contributed by atoms with Gasteiger partial charge in [-0.1, -0.05) is 60.2 Å². The van der Waals surface area contributed by atoms with E-state index in [-0.39, 0.29) is 12.1 Å². The maximum Gasteiger partial charge on any atom is 0.317 e. The highest BCUT2D eigenvalue weighted by Gasteiger charge is 2.25. The molecule has 0 spiro atoms. The molecule has 3 rings (SSSR count). The van der Waals surface area contributed by atoms with E-state index in [1.165, 1.54) is 5.56 Å². The molecule has 0 radical (unpaired) electrons. The Morgan fingerprint density at radius 1 is 1.17 bits per heavy atom. The Kier molecular flexibility index (Phi) is 4.93. The third-order valence-corrected chi connectivity index (χ3v) is 4.09. The normalized spacial score (nSPS) is 17.8. The Bertz CT molecular complexity index is 640. The van der Waals surface area contributed by atoms with Gasteiger partial charge in [-0.3, -0.25) is 0 Å². The summed E-state index contributed by atoms with van der Waals surface area (Å²) in [4.78, 5) is 14.2. The van der Waals surface area contributed by atoms with Crippen molar-refractivity contribution in [1.82, 2.24) is 10.2 Å². The number of carbonyl (C=O) groups excluding carboxylic acids is 1. The second-order valence-electron chi connectivity index (χ2n) is 5.86. The van der Waals surface area contributed by atoms with Gasteiger partial charge in [0.25, 0.3) is 0 Å². The largest absolute Gasteiger partial charge is 0.370 e. The molecule has 1 atom stereocenters. The summed E-state index contributed by atoms with van der Waals surface area (Å²) in [6.07, 6.45) is -0.0492. The topological polar surface area (TPSA) is 41.6 Å². The monoisotopic (exact) mass is 310 g/mol. The molecule has 4 heteroatoms. The van der Waals surface area contributed by atoms with Crippen LogP contribution in [0, 0.1) is 6.92 Å². The van der Waals surface area contributed by atoms with Crippen molar-refractivity contribution in [1.29, 1.82) is 0 Å². The molecule has 1 aliphatic heterocycles. The Labute approximate surface area is 137 Å². The third kappa shape index (κ3) is 4.11. The molecular weight excluding hydrogens is 288 g/mol. The second-order valence-corrected chi connectivity index (χ2v) is 5.86. The number of amides is 2. The Hall–Kier alpha value is -2.33. The fraction of sp³-hybridized carbons (Fsp3) is 0.316. The van der Waals surface area contributed by atoms with Crippen LogP contribution in [0.4, 0.5) is 4.79 Å². The first-order valence-corrected chi connectivity index (χ1v) is 7.97. The van der Waals surface area contributed by atoms with E-state index < -0.39 is 0 Å². The Balaban J connectivity index is 1.57. The molecule has 1 unspecified atom stereocenters. The molecule has 0 aliphatic carbocycles. The van der Waals surface area contributed by atoms with E-state index in [2.05, 4.69) is 36.5 Å². The summed E-state index contributed by atoms with van der Waals surface area (Å²) < 4.78 is 5.83. The fourth-order valence-corrected chi connectivity index (χ4v) is 2.70. The lowest BCUT2D eigenvalue weighted by molar-refractivity contribution is -0.0154. The van der Waals surface area contributed by atoms with Crippen molar-refractivity contribution < 1.29 is 9.53 Å². The van der Waals surface area contributed by atoms with Crippen LogP contribution in [0.1, 0.15) is 22.8 Å². The number of rotatable bonds is 3. The lowest BCUT2D eigenvalue weighted by Crippen LogP contribution is -2.46. The van der Waals surface area contributed by atoms with Crippen LogP contribution >= 0.6 is 0 Å². The van der Waals surface area contributed by atoms with Crippen LogP contribution in [0.2, 0.25) is 0 Å². The molecule has 2 aromatic rings. The highest BCUT2D eigenvalue weighted by atomic mass is 16.5. The Morgan fingerprint density at radius 2 is 1.91 bits per heavy atom. The smallest absolute Gasteiger partial charge is 0.317 e. The summed E-state index contributed by atoms with van der Waals surface area (Å²) in [5.41, 5.74) is 3.45. The van der Waals surface area contributed by atoms with Gasteiger partial charge in [-0.05, 0) is 18.1 Å². The molecule has 4 nitrogen and oxygen atoms in total. The first kappa shape index (κ1) is 15.6. The van der Waals surface area contributed by atoms with Gasteiger partial charge in [-0.25, -0.2) is 4.79 Å². The van der Waals surface area contributed by atoms with Crippen molar-refractivity contribution in [3.05, 3.63) is 71.3 Å². The summed E-state index contributed by atoms with van der Waals surface area (Å²) in [7, 11) is 0. The average molecular weight is 310 g/mol. The zero-order valence-corrected chi connectivity index (χ0v) is 13.4. The number of carbonyl (C=O) groups is 1. The lowest BCUT2D eigenvalue weighted by Gasteiger charge is -2.33. The van der Waals surface area contributed by atoms with Crippen LogP contribution in [-0.4, -0.2) is 30.6 Å². The predicted octanol–water partition coefficient (Wildman–Crippen LogP) is 3.28. The summed E-state index contributed by atoms with van der Waals surface area (Å²) in [6, 6.07) is 18.2. The van der Waals surface area contributed by atoms with E-state index in [1.54, 1.807) is 0 Å². The first-order chi connectivity index (χ1) is 11.2. The van der Waals surface area contributed by atoms with Crippen molar-refractivity contribution >= 4 is 6.03 Å². The second kappa shape index (κ2) is 7.29. The van der Waals surface area contributed by atoms with E-state index in [1.807, 2.05) is 35.2 Å². The van der Waals surface area contributed by atoms with Gasteiger partial charge in [0.2, 0.25) is 0 Å². The summed E-state index contributed by atoms with van der Waals surface area (Å²) in [5.74, 6) is 0. The van der Waals surface area contributed by atoms with E-state index in [0.29, 0.717) is 26.2 Å². The van der Waals surface area contributed by atoms with Crippen LogP contribution < -0.4 is 5.32 Å². The summed E-state index contributed by atoms with van der Waals surface area (Å²) in [6.45, 7) is 4.39. The molecule has 0 bridgehead atoms. The predicted molar refractivity (Wildman–Crippen MR) is 90.1 cm³/mol. The molecule has 0 saturated carbocycles. The maximum absolute atomic E-state index is 12.4. The molecule has 1 fully saturated rings. The van der Waals surface area contributed by atoms with Gasteiger partial charge in [0, 0.05) is 13.1 Å². The van der Waals surface area contributed by atoms with Crippen molar-refractivity contribution in [3.8, 4) is 0 Å². The van der Waals surface area contributed by atoms with Crippen LogP contribution in [-0.2, 0) is 11.3 Å². The highest BCUT2D eigenvalue weighted by molar-refractivity contribution is 5.74. The number of nitrogens with zero attached hydrogens (tertiary/aromatic N) is 1. The van der Waals surface area contributed by atoms with Crippen LogP contribution in [0.5, 0.6) is 0 Å². The van der Waals surface area contributed by atoms with Crippen molar-refractivity contribution in [2.24, 2.45) is 0 Å². The van der Waals surface area contributed by atoms with Gasteiger partial charge in [0.15, 0.2) is 0 Å². The molecule has 120 valence electrons. The van der Waals surface area contributed by atoms with Crippen molar-refractivity contribution in [2.75, 3.05) is 19.7 Å². The van der Waals surface area contributed by atoms with Crippen LogP contribution in [0.25, 0.3) is 0 Å². The van der Waals surface area contributed by atoms with E-state index in [0.717, 1.165) is 11.1 Å². The SMILES string of the molecule is Cc1ccc(C2CN(C(=O)NCc3ccccc3)CCO2)cc1. The molecule has 1 saturated heterocycles. The average Bonchev–Trinajstić information content (AvgIpc) is 2.61. The zero-order chi connectivity index (χ0) is 16.1. The number of benzene rings is 2. The standard InChI is InChI=1S/C19H22N2O2/c1-15-7-9-17(10-8-15)18-14-21(11-12-23-18)19(22)20-13-16-5-3-2-4-6-16/h2-10,18H,11-14H2,1H3,(H,20,22). The molecule has 0 aromatic heterocycles. The maximum atomic E-state index is 12.4. The first-order valence-electron chi connectivity index (χ1n) is 7.97. The number of morpholine rings is 1. The molecule has 1 aliphatic rings. The van der Waals surface area contributed by atoms with Crippen LogP contribution in [0.3, 0.4) is 0 Å². The zero-order valence-electron chi connectivity index (χ0n) is 13.4. The van der Waals surface area contributed by atoms with Gasteiger partial charge in [-0.15, -0.1) is 0 Å². The van der Waals surface area contributed by atoms with E-state index in [9.17, 15) is 4.79 Å². The van der Waals surface area contributed by atoms with Gasteiger partial charge >= 0.3 is 6.03 Å². The van der Waals surface area contributed by atoms with Gasteiger partial charge in [0.1, 0.15) is 6.10 Å². The molecule has 2 amide bonds. The minimum Gasteiger partial charge on any atom is -0.370 e. The minimum atomic E-state index is -0.0492. The highest BCUT2D eigenvalue weighted by Crippen LogP contribution is 2.22. The number of hydrogen-bond acceptors (Lipinski definition) is 2. The van der Waals surface area contributed by atoms with E-state index >= 15 is 0 Å². The number of urea groups is 1.